The van der Waals surface area contributed by atoms with Crippen molar-refractivity contribution in [2.24, 2.45) is 10.9 Å². The fourth-order valence-corrected chi connectivity index (χ4v) is 3.15. The number of benzene rings is 1. The Hall–Kier alpha value is -1.77. The van der Waals surface area contributed by atoms with E-state index in [9.17, 15) is 9.18 Å². The predicted octanol–water partition coefficient (Wildman–Crippen LogP) is 4.16. The second kappa shape index (κ2) is 5.70. The summed E-state index contributed by atoms with van der Waals surface area (Å²) >= 11 is 0. The lowest BCUT2D eigenvalue weighted by molar-refractivity contribution is -0.113. The van der Waals surface area contributed by atoms with Crippen LogP contribution in [0.1, 0.15) is 44.1 Å². The molecular weight excluding hydrogens is 253 g/mol. The Morgan fingerprint density at radius 2 is 1.80 bits per heavy atom. The Labute approximate surface area is 118 Å². The second-order valence-electron chi connectivity index (χ2n) is 5.55. The first-order valence-electron chi connectivity index (χ1n) is 7.33. The minimum Gasteiger partial charge on any atom is -0.267 e. The van der Waals surface area contributed by atoms with Crippen LogP contribution in [0.15, 0.2) is 35.3 Å². The van der Waals surface area contributed by atoms with Crippen LogP contribution in [0.2, 0.25) is 0 Å². The molecule has 2 nitrogen and oxygen atoms in total. The second-order valence-corrected chi connectivity index (χ2v) is 5.55. The van der Waals surface area contributed by atoms with Gasteiger partial charge < -0.3 is 0 Å². The van der Waals surface area contributed by atoms with Gasteiger partial charge in [0.15, 0.2) is 0 Å². The Balaban J connectivity index is 1.95. The number of allylic oxidation sites excluding steroid dienone is 1. The van der Waals surface area contributed by atoms with Gasteiger partial charge in [-0.3, -0.25) is 4.79 Å². The van der Waals surface area contributed by atoms with Crippen molar-refractivity contribution in [1.29, 1.82) is 0 Å². The van der Waals surface area contributed by atoms with E-state index in [0.29, 0.717) is 0 Å². The maximum atomic E-state index is 13.1. The highest BCUT2D eigenvalue weighted by Crippen LogP contribution is 2.35. The van der Waals surface area contributed by atoms with Gasteiger partial charge in [0, 0.05) is 17.7 Å². The molecule has 0 aromatic heterocycles. The fraction of sp³-hybridized carbons (Fsp3) is 0.412. The zero-order chi connectivity index (χ0) is 13.9. The highest BCUT2D eigenvalue weighted by Gasteiger charge is 2.27. The monoisotopic (exact) mass is 271 g/mol. The Bertz CT molecular complexity index is 571. The summed E-state index contributed by atoms with van der Waals surface area (Å²) in [6.45, 7) is 0. The molecule has 1 aliphatic heterocycles. The van der Waals surface area contributed by atoms with Crippen molar-refractivity contribution >= 4 is 17.2 Å². The molecule has 3 heteroatoms. The number of nitrogens with zero attached hydrogens (tertiary/aromatic N) is 1. The number of rotatable bonds is 1. The number of carbonyl (C=O) groups is 1. The van der Waals surface area contributed by atoms with Gasteiger partial charge in [-0.05, 0) is 42.5 Å². The van der Waals surface area contributed by atoms with E-state index >= 15 is 0 Å². The Morgan fingerprint density at radius 1 is 1.05 bits per heavy atom. The number of fused-ring (bicyclic) bond motifs is 1. The zero-order valence-electron chi connectivity index (χ0n) is 11.4. The van der Waals surface area contributed by atoms with Crippen molar-refractivity contribution in [3.8, 4) is 0 Å². The highest BCUT2D eigenvalue weighted by atomic mass is 19.1. The third kappa shape index (κ3) is 2.72. The van der Waals surface area contributed by atoms with Crippen LogP contribution in [0, 0.1) is 11.7 Å². The molecule has 2 aliphatic rings. The number of halogens is 1. The summed E-state index contributed by atoms with van der Waals surface area (Å²) in [6, 6.07) is 6.43. The smallest absolute Gasteiger partial charge is 0.267 e. The van der Waals surface area contributed by atoms with E-state index in [0.717, 1.165) is 42.5 Å². The van der Waals surface area contributed by atoms with Gasteiger partial charge >= 0.3 is 0 Å². The summed E-state index contributed by atoms with van der Waals surface area (Å²) in [5, 5.41) is 0. The minimum absolute atomic E-state index is 0.170. The first-order valence-corrected chi connectivity index (χ1v) is 7.33. The van der Waals surface area contributed by atoms with Crippen LogP contribution in [0.4, 0.5) is 4.39 Å². The molecular formula is C17H18FNO. The molecule has 104 valence electrons. The number of hydrogen-bond donors (Lipinski definition) is 0. The average molecular weight is 271 g/mol. The van der Waals surface area contributed by atoms with Gasteiger partial charge in [-0.1, -0.05) is 31.4 Å². The van der Waals surface area contributed by atoms with E-state index in [4.69, 9.17) is 0 Å². The number of hydrogen-bond acceptors (Lipinski definition) is 1. The maximum absolute atomic E-state index is 13.1. The molecule has 3 rings (SSSR count). The first kappa shape index (κ1) is 13.2. The van der Waals surface area contributed by atoms with Gasteiger partial charge in [-0.2, -0.15) is 0 Å². The van der Waals surface area contributed by atoms with Crippen molar-refractivity contribution < 1.29 is 9.18 Å². The number of carbonyl (C=O) groups excluding carboxylic acids is 1. The lowest BCUT2D eigenvalue weighted by atomic mass is 9.79. The van der Waals surface area contributed by atoms with Crippen LogP contribution in [0.25, 0.3) is 5.57 Å². The molecule has 1 saturated carbocycles. The van der Waals surface area contributed by atoms with Crippen LogP contribution in [-0.4, -0.2) is 11.6 Å². The van der Waals surface area contributed by atoms with Crippen LogP contribution in [0.3, 0.4) is 0 Å². The van der Waals surface area contributed by atoms with Crippen molar-refractivity contribution in [3.05, 3.63) is 41.7 Å². The van der Waals surface area contributed by atoms with E-state index in [1.165, 1.54) is 25.0 Å². The summed E-state index contributed by atoms with van der Waals surface area (Å²) in [5.74, 6) is -0.183. The average Bonchev–Trinajstić information content (AvgIpc) is 2.41. The molecule has 1 aromatic rings. The molecule has 1 fully saturated rings. The molecule has 1 aliphatic carbocycles. The van der Waals surface area contributed by atoms with Crippen molar-refractivity contribution in [2.75, 3.05) is 0 Å². The highest BCUT2D eigenvalue weighted by molar-refractivity contribution is 6.13. The summed E-state index contributed by atoms with van der Waals surface area (Å²) in [7, 11) is 0. The van der Waals surface area contributed by atoms with E-state index in [2.05, 4.69) is 4.99 Å². The van der Waals surface area contributed by atoms with Gasteiger partial charge in [0.2, 0.25) is 0 Å². The van der Waals surface area contributed by atoms with Crippen LogP contribution in [0.5, 0.6) is 0 Å². The molecule has 1 amide bonds. The van der Waals surface area contributed by atoms with Gasteiger partial charge in [0.25, 0.3) is 5.91 Å². The molecule has 0 bridgehead atoms. The van der Waals surface area contributed by atoms with Gasteiger partial charge in [-0.15, -0.1) is 0 Å². The van der Waals surface area contributed by atoms with E-state index < -0.39 is 0 Å². The molecule has 20 heavy (non-hydrogen) atoms. The Morgan fingerprint density at radius 3 is 2.60 bits per heavy atom. The number of amides is 1. The topological polar surface area (TPSA) is 29.4 Å². The van der Waals surface area contributed by atoms with Crippen molar-refractivity contribution in [1.82, 2.24) is 0 Å². The van der Waals surface area contributed by atoms with E-state index in [-0.39, 0.29) is 17.6 Å². The summed E-state index contributed by atoms with van der Waals surface area (Å²) in [6.07, 6.45) is 8.31. The third-order valence-electron chi connectivity index (χ3n) is 4.16. The van der Waals surface area contributed by atoms with Crippen LogP contribution < -0.4 is 0 Å². The van der Waals surface area contributed by atoms with Gasteiger partial charge in [0.1, 0.15) is 5.82 Å². The van der Waals surface area contributed by atoms with E-state index in [1.807, 2.05) is 0 Å². The first-order chi connectivity index (χ1) is 9.74. The van der Waals surface area contributed by atoms with Crippen LogP contribution >= 0.6 is 0 Å². The van der Waals surface area contributed by atoms with Crippen molar-refractivity contribution in [2.45, 2.75) is 38.5 Å². The lowest BCUT2D eigenvalue weighted by Crippen LogP contribution is -2.23. The largest absolute Gasteiger partial charge is 0.269 e. The van der Waals surface area contributed by atoms with Crippen molar-refractivity contribution in [3.63, 3.8) is 0 Å². The lowest BCUT2D eigenvalue weighted by Gasteiger charge is -2.27. The summed E-state index contributed by atoms with van der Waals surface area (Å²) in [5.41, 5.74) is 2.98. The molecule has 0 radical (unpaired) electrons. The molecule has 1 unspecified atom stereocenters. The quantitative estimate of drug-likeness (QED) is 0.754. The van der Waals surface area contributed by atoms with Crippen LogP contribution in [-0.2, 0) is 4.79 Å². The molecule has 0 spiro atoms. The zero-order valence-corrected chi connectivity index (χ0v) is 11.4. The van der Waals surface area contributed by atoms with Gasteiger partial charge in [0.05, 0.1) is 0 Å². The standard InChI is InChI=1S/C17H18FNO/c18-13-9-7-12(8-10-13)15-11-17(20)19-16-6-4-2-1-3-5-14(15)16/h7-11,14H,1-6H2. The number of dihydropyridines is 1. The molecule has 0 N–H and O–H groups in total. The molecule has 1 atom stereocenters. The maximum Gasteiger partial charge on any atom is 0.269 e. The fourth-order valence-electron chi connectivity index (χ4n) is 3.15. The predicted molar refractivity (Wildman–Crippen MR) is 78.0 cm³/mol. The SMILES string of the molecule is O=C1C=C(c2ccc(F)cc2)C2CCCCCCC2=N1. The molecule has 1 aromatic carbocycles. The minimum atomic E-state index is -0.247. The van der Waals surface area contributed by atoms with Gasteiger partial charge in [-0.25, -0.2) is 9.38 Å². The molecule has 0 saturated heterocycles. The summed E-state index contributed by atoms with van der Waals surface area (Å²) < 4.78 is 13.1. The third-order valence-corrected chi connectivity index (χ3v) is 4.16. The van der Waals surface area contributed by atoms with E-state index in [1.54, 1.807) is 18.2 Å². The Kier molecular flexibility index (Phi) is 3.77. The summed E-state index contributed by atoms with van der Waals surface area (Å²) in [4.78, 5) is 16.1. The normalized spacial score (nSPS) is 23.2. The number of aliphatic imine (C=N–C) groups is 1. The molecule has 1 heterocycles.